The zero-order valence-corrected chi connectivity index (χ0v) is 27.0. The van der Waals surface area contributed by atoms with E-state index in [2.05, 4.69) is 21.9 Å². The molecule has 1 aromatic heterocycles. The van der Waals surface area contributed by atoms with Crippen LogP contribution < -0.4 is 21.3 Å². The van der Waals surface area contributed by atoms with Gasteiger partial charge in [-0.3, -0.25) is 19.0 Å². The molecule has 46 heavy (non-hydrogen) atoms. The molecule has 0 aliphatic rings. The van der Waals surface area contributed by atoms with Gasteiger partial charge in [-0.05, 0) is 88.8 Å². The molecule has 3 aromatic carbocycles. The Labute approximate surface area is 267 Å². The van der Waals surface area contributed by atoms with Gasteiger partial charge in [0, 0.05) is 19.6 Å². The third-order valence-electron chi connectivity index (χ3n) is 7.21. The monoisotopic (exact) mass is 634 g/mol. The molecule has 1 atom stereocenters. The van der Waals surface area contributed by atoms with E-state index in [0.29, 0.717) is 41.8 Å². The van der Waals surface area contributed by atoms with Crippen molar-refractivity contribution >= 4 is 23.3 Å². The van der Waals surface area contributed by atoms with Crippen LogP contribution >= 0.6 is 0 Å². The van der Waals surface area contributed by atoms with Crippen molar-refractivity contribution in [3.8, 4) is 22.9 Å². The Morgan fingerprint density at radius 1 is 1.02 bits per heavy atom. The fraction of sp³-hybridized carbons (Fsp3) is 0.353. The second-order valence-corrected chi connectivity index (χ2v) is 11.1. The molecule has 0 saturated heterocycles. The predicted octanol–water partition coefficient (Wildman–Crippen LogP) is 3.36. The number of benzene rings is 3. The van der Waals surface area contributed by atoms with Gasteiger partial charge in [-0.2, -0.15) is 0 Å². The van der Waals surface area contributed by atoms with Crippen molar-refractivity contribution in [3.05, 3.63) is 92.6 Å². The maximum absolute atomic E-state index is 13.5. The number of rotatable bonds is 12. The van der Waals surface area contributed by atoms with Crippen molar-refractivity contribution in [3.63, 3.8) is 0 Å². The SMILES string of the molecule is CC(C)OC=O.CCN(C)CCOc1ccc2c(c1)c(=O)n(-c1ccc(CC(C)NC(=O)c3c(O)cccc3O)cc1)c(=O)n2C. The van der Waals surface area contributed by atoms with Crippen LogP contribution in [0.1, 0.15) is 43.6 Å². The van der Waals surface area contributed by atoms with Gasteiger partial charge in [0.15, 0.2) is 0 Å². The van der Waals surface area contributed by atoms with Crippen LogP contribution in [0, 0.1) is 0 Å². The molecular weight excluding hydrogens is 592 g/mol. The molecule has 0 fully saturated rings. The summed E-state index contributed by atoms with van der Waals surface area (Å²) >= 11 is 0. The van der Waals surface area contributed by atoms with Crippen molar-refractivity contribution in [1.82, 2.24) is 19.4 Å². The highest BCUT2D eigenvalue weighted by Crippen LogP contribution is 2.26. The van der Waals surface area contributed by atoms with Gasteiger partial charge in [0.25, 0.3) is 17.9 Å². The van der Waals surface area contributed by atoms with E-state index in [1.807, 2.05) is 7.05 Å². The van der Waals surface area contributed by atoms with Gasteiger partial charge in [0.05, 0.1) is 22.7 Å². The molecule has 1 heterocycles. The largest absolute Gasteiger partial charge is 0.507 e. The lowest BCUT2D eigenvalue weighted by molar-refractivity contribution is -0.131. The van der Waals surface area contributed by atoms with Gasteiger partial charge in [-0.25, -0.2) is 9.36 Å². The van der Waals surface area contributed by atoms with Crippen LogP contribution in [0.15, 0.2) is 70.3 Å². The number of hydrogen-bond donors (Lipinski definition) is 3. The van der Waals surface area contributed by atoms with E-state index in [4.69, 9.17) is 4.74 Å². The number of phenolic OH excluding ortho intramolecular Hbond substituents is 2. The van der Waals surface area contributed by atoms with Gasteiger partial charge in [0.2, 0.25) is 0 Å². The number of nitrogens with one attached hydrogen (secondary N) is 1. The molecule has 0 aliphatic carbocycles. The molecule has 12 heteroatoms. The zero-order chi connectivity index (χ0) is 34.0. The first-order chi connectivity index (χ1) is 21.9. The minimum atomic E-state index is -0.591. The lowest BCUT2D eigenvalue weighted by atomic mass is 10.1. The summed E-state index contributed by atoms with van der Waals surface area (Å²) in [6.45, 7) is 10.0. The van der Waals surface area contributed by atoms with E-state index >= 15 is 0 Å². The van der Waals surface area contributed by atoms with Crippen LogP contribution in [0.25, 0.3) is 16.6 Å². The summed E-state index contributed by atoms with van der Waals surface area (Å²) in [6.07, 6.45) is 0.473. The standard InChI is InChI=1S/C30H34N4O6.C4H8O2/c1-5-32(3)15-16-40-22-13-14-24-23(18-22)29(38)34(30(39)33(24)4)21-11-9-20(10-12-21)17-19(2)31-28(37)27-25(35)7-6-8-26(27)36;1-4(2)6-3-5/h6-14,18-19,35-36H,5,15-17H2,1-4H3,(H,31,37);3-4H,1-2H3. The van der Waals surface area contributed by atoms with E-state index in [1.165, 1.54) is 22.8 Å². The van der Waals surface area contributed by atoms with Crippen LogP contribution in [0.3, 0.4) is 0 Å². The highest BCUT2D eigenvalue weighted by molar-refractivity contribution is 5.99. The highest BCUT2D eigenvalue weighted by Gasteiger charge is 2.18. The number of amides is 1. The normalized spacial score (nSPS) is 11.6. The van der Waals surface area contributed by atoms with Crippen molar-refractivity contribution in [1.29, 1.82) is 0 Å². The Bertz CT molecular complexity index is 1740. The Morgan fingerprint density at radius 2 is 1.67 bits per heavy atom. The van der Waals surface area contributed by atoms with Gasteiger partial charge in [0.1, 0.15) is 29.4 Å². The maximum Gasteiger partial charge on any atom is 0.335 e. The molecule has 3 N–H and O–H groups in total. The summed E-state index contributed by atoms with van der Waals surface area (Å²) < 4.78 is 12.8. The van der Waals surface area contributed by atoms with E-state index < -0.39 is 17.2 Å². The molecule has 246 valence electrons. The molecule has 12 nitrogen and oxygen atoms in total. The van der Waals surface area contributed by atoms with Crippen LogP contribution in [0.5, 0.6) is 17.2 Å². The molecule has 4 rings (SSSR count). The number of nitrogens with zero attached hydrogens (tertiary/aromatic N) is 3. The summed E-state index contributed by atoms with van der Waals surface area (Å²) in [5.41, 5.74) is 0.704. The number of likely N-dealkylation sites (N-methyl/N-ethyl adjacent to an activating group) is 1. The molecule has 0 radical (unpaired) electrons. The number of aromatic nitrogens is 2. The quantitative estimate of drug-likeness (QED) is 0.199. The molecular formula is C34H42N4O8. The van der Waals surface area contributed by atoms with Gasteiger partial charge >= 0.3 is 5.69 Å². The average Bonchev–Trinajstić information content (AvgIpc) is 3.01. The van der Waals surface area contributed by atoms with Crippen LogP contribution in [0.4, 0.5) is 0 Å². The van der Waals surface area contributed by atoms with Crippen molar-refractivity contribution < 1.29 is 29.3 Å². The summed E-state index contributed by atoms with van der Waals surface area (Å²) in [7, 11) is 3.63. The van der Waals surface area contributed by atoms with E-state index in [0.717, 1.165) is 23.2 Å². The lowest BCUT2D eigenvalue weighted by Gasteiger charge is -2.16. The number of hydrogen-bond acceptors (Lipinski definition) is 9. The predicted molar refractivity (Wildman–Crippen MR) is 176 cm³/mol. The highest BCUT2D eigenvalue weighted by atomic mass is 16.5. The Morgan fingerprint density at radius 3 is 2.24 bits per heavy atom. The van der Waals surface area contributed by atoms with Gasteiger partial charge in [-0.1, -0.05) is 25.1 Å². The van der Waals surface area contributed by atoms with Crippen LogP contribution in [0.2, 0.25) is 0 Å². The van der Waals surface area contributed by atoms with E-state index in [9.17, 15) is 29.4 Å². The third-order valence-corrected chi connectivity index (χ3v) is 7.21. The van der Waals surface area contributed by atoms with Crippen LogP contribution in [-0.2, 0) is 23.0 Å². The number of aryl methyl sites for hydroxylation is 1. The molecule has 4 aromatic rings. The van der Waals surface area contributed by atoms with Crippen molar-refractivity contribution in [2.45, 2.75) is 46.3 Å². The fourth-order valence-electron chi connectivity index (χ4n) is 4.59. The van der Waals surface area contributed by atoms with Crippen molar-refractivity contribution in [2.24, 2.45) is 7.05 Å². The van der Waals surface area contributed by atoms with Gasteiger partial charge in [-0.15, -0.1) is 0 Å². The first kappa shape index (κ1) is 35.4. The third kappa shape index (κ3) is 8.98. The lowest BCUT2D eigenvalue weighted by Crippen LogP contribution is -2.38. The summed E-state index contributed by atoms with van der Waals surface area (Å²) in [5, 5.41) is 23.0. The van der Waals surface area contributed by atoms with E-state index in [1.54, 1.807) is 70.3 Å². The number of phenols is 2. The van der Waals surface area contributed by atoms with Crippen molar-refractivity contribution in [2.75, 3.05) is 26.7 Å². The smallest absolute Gasteiger partial charge is 0.335 e. The first-order valence-electron chi connectivity index (χ1n) is 14.9. The van der Waals surface area contributed by atoms with E-state index in [-0.39, 0.29) is 29.2 Å². The fourth-order valence-corrected chi connectivity index (χ4v) is 4.59. The number of ether oxygens (including phenoxy) is 2. The second-order valence-electron chi connectivity index (χ2n) is 11.1. The van der Waals surface area contributed by atoms with Gasteiger partial charge < -0.3 is 29.9 Å². The maximum atomic E-state index is 13.5. The minimum Gasteiger partial charge on any atom is -0.507 e. The second kappa shape index (κ2) is 16.3. The Hall–Kier alpha value is -5.10. The number of carbonyl (C=O) groups is 2. The molecule has 0 aliphatic heterocycles. The Balaban J connectivity index is 0.000000875. The number of fused-ring (bicyclic) bond motifs is 1. The first-order valence-corrected chi connectivity index (χ1v) is 14.9. The summed E-state index contributed by atoms with van der Waals surface area (Å²) in [4.78, 5) is 50.7. The minimum absolute atomic E-state index is 0.0301. The number of carbonyl (C=O) groups excluding carboxylic acids is 2. The number of aromatic hydroxyl groups is 2. The molecule has 1 amide bonds. The Kier molecular flexibility index (Phi) is 12.5. The summed E-state index contributed by atoms with van der Waals surface area (Å²) in [5.74, 6) is -0.645. The van der Waals surface area contributed by atoms with Crippen LogP contribution in [-0.4, -0.2) is 75.5 Å². The molecule has 0 bridgehead atoms. The summed E-state index contributed by atoms with van der Waals surface area (Å²) in [6, 6.07) is 15.9. The molecule has 0 spiro atoms. The molecule has 0 saturated carbocycles. The zero-order valence-electron chi connectivity index (χ0n) is 27.0. The molecule has 1 unspecified atom stereocenters. The average molecular weight is 635 g/mol. The topological polar surface area (TPSA) is 152 Å².